The van der Waals surface area contributed by atoms with Crippen molar-refractivity contribution >= 4 is 52.1 Å². The van der Waals surface area contributed by atoms with Crippen molar-refractivity contribution in [3.63, 3.8) is 0 Å². The Morgan fingerprint density at radius 3 is 2.43 bits per heavy atom. The smallest absolute Gasteiger partial charge is 0.262 e. The van der Waals surface area contributed by atoms with Gasteiger partial charge in [0.15, 0.2) is 18.1 Å². The van der Waals surface area contributed by atoms with E-state index in [0.717, 1.165) is 11.3 Å². The first-order valence-electron chi connectivity index (χ1n) is 8.99. The summed E-state index contributed by atoms with van der Waals surface area (Å²) >= 11 is 18.0. The normalized spacial score (nSPS) is 10.4. The van der Waals surface area contributed by atoms with Gasteiger partial charge in [0.1, 0.15) is 0 Å². The molecule has 3 aromatic carbocycles. The lowest BCUT2D eigenvalue weighted by Crippen LogP contribution is -2.20. The van der Waals surface area contributed by atoms with E-state index in [1.807, 2.05) is 36.4 Å². The minimum absolute atomic E-state index is 0.187. The van der Waals surface area contributed by atoms with E-state index in [0.29, 0.717) is 38.8 Å². The second kappa shape index (κ2) is 10.4. The van der Waals surface area contributed by atoms with Crippen molar-refractivity contribution in [1.82, 2.24) is 0 Å². The van der Waals surface area contributed by atoms with Gasteiger partial charge in [-0.05, 0) is 48.0 Å². The van der Waals surface area contributed by atoms with Crippen LogP contribution in [0.5, 0.6) is 11.5 Å². The molecular formula is C22H19Cl3N2O3. The number of benzene rings is 3. The van der Waals surface area contributed by atoms with Crippen LogP contribution in [0.3, 0.4) is 0 Å². The van der Waals surface area contributed by atoms with Gasteiger partial charge in [0.05, 0.1) is 27.9 Å². The molecule has 0 bridgehead atoms. The second-order valence-electron chi connectivity index (χ2n) is 6.28. The largest absolute Gasteiger partial charge is 0.493 e. The molecule has 0 atom stereocenters. The predicted octanol–water partition coefficient (Wildman–Crippen LogP) is 6.29. The molecule has 2 N–H and O–H groups in total. The van der Waals surface area contributed by atoms with Crippen molar-refractivity contribution in [3.8, 4) is 11.5 Å². The molecule has 0 saturated heterocycles. The highest BCUT2D eigenvalue weighted by molar-refractivity contribution is 6.42. The lowest BCUT2D eigenvalue weighted by Gasteiger charge is -2.13. The van der Waals surface area contributed by atoms with Crippen molar-refractivity contribution in [2.75, 3.05) is 24.4 Å². The molecule has 3 rings (SSSR count). The van der Waals surface area contributed by atoms with Crippen molar-refractivity contribution in [2.45, 2.75) is 6.54 Å². The van der Waals surface area contributed by atoms with Crippen LogP contribution in [0.4, 0.5) is 11.4 Å². The van der Waals surface area contributed by atoms with E-state index in [1.54, 1.807) is 31.4 Å². The number of carbonyl (C=O) groups is 1. The molecule has 30 heavy (non-hydrogen) atoms. The van der Waals surface area contributed by atoms with Gasteiger partial charge >= 0.3 is 0 Å². The van der Waals surface area contributed by atoms with Gasteiger partial charge in [0.25, 0.3) is 5.91 Å². The SMILES string of the molecule is COc1cc(CNc2ccccc2Cl)ccc1OCC(=O)Nc1ccc(Cl)c(Cl)c1. The first kappa shape index (κ1) is 22.1. The Balaban J connectivity index is 1.58. The van der Waals surface area contributed by atoms with Crippen LogP contribution in [0.2, 0.25) is 15.1 Å². The van der Waals surface area contributed by atoms with Crippen LogP contribution in [0.15, 0.2) is 60.7 Å². The number of anilines is 2. The fourth-order valence-electron chi connectivity index (χ4n) is 2.66. The van der Waals surface area contributed by atoms with Crippen LogP contribution < -0.4 is 20.1 Å². The topological polar surface area (TPSA) is 59.6 Å². The molecule has 0 unspecified atom stereocenters. The van der Waals surface area contributed by atoms with Gasteiger partial charge in [-0.15, -0.1) is 0 Å². The Morgan fingerprint density at radius 2 is 1.70 bits per heavy atom. The zero-order chi connectivity index (χ0) is 21.5. The number of hydrogen-bond acceptors (Lipinski definition) is 4. The minimum Gasteiger partial charge on any atom is -0.493 e. The second-order valence-corrected chi connectivity index (χ2v) is 7.51. The standard InChI is InChI=1S/C22H19Cl3N2O3/c1-29-21-10-14(12-26-19-5-3-2-4-17(19)24)6-9-20(21)30-13-22(28)27-15-7-8-16(23)18(25)11-15/h2-11,26H,12-13H2,1H3,(H,27,28). The summed E-state index contributed by atoms with van der Waals surface area (Å²) in [6.07, 6.45) is 0. The van der Waals surface area contributed by atoms with E-state index in [1.165, 1.54) is 0 Å². The maximum atomic E-state index is 12.2. The third-order valence-corrected chi connectivity index (χ3v) is 5.22. The molecular weight excluding hydrogens is 447 g/mol. The van der Waals surface area contributed by atoms with Crippen LogP contribution in [0.1, 0.15) is 5.56 Å². The number of rotatable bonds is 8. The number of hydrogen-bond donors (Lipinski definition) is 2. The maximum Gasteiger partial charge on any atom is 0.262 e. The van der Waals surface area contributed by atoms with Crippen LogP contribution >= 0.6 is 34.8 Å². The quantitative estimate of drug-likeness (QED) is 0.411. The van der Waals surface area contributed by atoms with Crippen molar-refractivity contribution < 1.29 is 14.3 Å². The molecule has 0 aliphatic heterocycles. The van der Waals surface area contributed by atoms with Gasteiger partial charge in [-0.2, -0.15) is 0 Å². The summed E-state index contributed by atoms with van der Waals surface area (Å²) in [5, 5.41) is 7.40. The third-order valence-electron chi connectivity index (χ3n) is 4.15. The average Bonchev–Trinajstić information content (AvgIpc) is 2.74. The molecule has 0 aliphatic rings. The molecule has 156 valence electrons. The van der Waals surface area contributed by atoms with Gasteiger partial charge in [-0.1, -0.05) is 53.0 Å². The predicted molar refractivity (Wildman–Crippen MR) is 122 cm³/mol. The molecule has 5 nitrogen and oxygen atoms in total. The Kier molecular flexibility index (Phi) is 7.69. The average molecular weight is 466 g/mol. The van der Waals surface area contributed by atoms with E-state index in [9.17, 15) is 4.79 Å². The maximum absolute atomic E-state index is 12.2. The summed E-state index contributed by atoms with van der Waals surface area (Å²) in [5.74, 6) is 0.652. The molecule has 0 saturated carbocycles. The summed E-state index contributed by atoms with van der Waals surface area (Å²) in [6, 6.07) is 17.8. The van der Waals surface area contributed by atoms with Gasteiger partial charge in [0, 0.05) is 12.2 Å². The Bertz CT molecular complexity index is 1040. The molecule has 0 aromatic heterocycles. The fraction of sp³-hybridized carbons (Fsp3) is 0.136. The number of halogens is 3. The zero-order valence-electron chi connectivity index (χ0n) is 16.0. The Labute approximate surface area is 189 Å². The van der Waals surface area contributed by atoms with Crippen molar-refractivity contribution in [3.05, 3.63) is 81.3 Å². The van der Waals surface area contributed by atoms with E-state index < -0.39 is 0 Å². The summed E-state index contributed by atoms with van der Waals surface area (Å²) in [7, 11) is 1.54. The highest BCUT2D eigenvalue weighted by Crippen LogP contribution is 2.29. The van der Waals surface area contributed by atoms with Crippen molar-refractivity contribution in [1.29, 1.82) is 0 Å². The number of amides is 1. The van der Waals surface area contributed by atoms with Crippen LogP contribution in [-0.4, -0.2) is 19.6 Å². The summed E-state index contributed by atoms with van der Waals surface area (Å²) in [4.78, 5) is 12.2. The van der Waals surface area contributed by atoms with Crippen LogP contribution in [0.25, 0.3) is 0 Å². The number of para-hydroxylation sites is 1. The zero-order valence-corrected chi connectivity index (χ0v) is 18.3. The lowest BCUT2D eigenvalue weighted by atomic mass is 10.2. The number of nitrogens with one attached hydrogen (secondary N) is 2. The molecule has 0 fully saturated rings. The van der Waals surface area contributed by atoms with E-state index in [4.69, 9.17) is 44.3 Å². The van der Waals surface area contributed by atoms with Gasteiger partial charge in [-0.25, -0.2) is 0 Å². The summed E-state index contributed by atoms with van der Waals surface area (Å²) in [5.41, 5.74) is 2.35. The van der Waals surface area contributed by atoms with E-state index >= 15 is 0 Å². The van der Waals surface area contributed by atoms with E-state index in [2.05, 4.69) is 10.6 Å². The van der Waals surface area contributed by atoms with Gasteiger partial charge in [-0.3, -0.25) is 4.79 Å². The fourth-order valence-corrected chi connectivity index (χ4v) is 3.16. The van der Waals surface area contributed by atoms with Crippen LogP contribution in [0, 0.1) is 0 Å². The lowest BCUT2D eigenvalue weighted by molar-refractivity contribution is -0.118. The Morgan fingerprint density at radius 1 is 0.900 bits per heavy atom. The van der Waals surface area contributed by atoms with Gasteiger partial charge < -0.3 is 20.1 Å². The first-order valence-corrected chi connectivity index (χ1v) is 10.1. The van der Waals surface area contributed by atoms with Gasteiger partial charge in [0.2, 0.25) is 0 Å². The third kappa shape index (κ3) is 5.95. The monoisotopic (exact) mass is 464 g/mol. The molecule has 3 aromatic rings. The summed E-state index contributed by atoms with van der Waals surface area (Å²) < 4.78 is 11.0. The molecule has 0 radical (unpaired) electrons. The molecule has 0 aliphatic carbocycles. The first-order chi connectivity index (χ1) is 14.5. The molecule has 0 heterocycles. The van der Waals surface area contributed by atoms with Crippen LogP contribution in [-0.2, 0) is 11.3 Å². The van der Waals surface area contributed by atoms with Crippen molar-refractivity contribution in [2.24, 2.45) is 0 Å². The number of ether oxygens (including phenoxy) is 2. The number of methoxy groups -OCH3 is 1. The number of carbonyl (C=O) groups excluding carboxylic acids is 1. The minimum atomic E-state index is -0.333. The molecule has 8 heteroatoms. The Hall–Kier alpha value is -2.60. The molecule has 0 spiro atoms. The summed E-state index contributed by atoms with van der Waals surface area (Å²) in [6.45, 7) is 0.367. The molecule has 1 amide bonds. The van der Waals surface area contributed by atoms with E-state index in [-0.39, 0.29) is 12.5 Å². The highest BCUT2D eigenvalue weighted by Gasteiger charge is 2.10. The highest BCUT2D eigenvalue weighted by atomic mass is 35.5.